The van der Waals surface area contributed by atoms with E-state index in [0.29, 0.717) is 12.1 Å². The number of nitro groups is 1. The van der Waals surface area contributed by atoms with Crippen LogP contribution in [0, 0.1) is 10.1 Å². The first-order chi connectivity index (χ1) is 10.8. The second-order valence-electron chi connectivity index (χ2n) is 4.97. The molecule has 23 heavy (non-hydrogen) atoms. The number of nitrogens with zero attached hydrogens (tertiary/aromatic N) is 2. The number of sulfonamides is 1. The molecule has 1 aliphatic rings. The predicted molar refractivity (Wildman–Crippen MR) is 87.8 cm³/mol. The van der Waals surface area contributed by atoms with Gasteiger partial charge in [-0.15, -0.1) is 0 Å². The fourth-order valence-corrected chi connectivity index (χ4v) is 4.35. The van der Waals surface area contributed by atoms with Crippen LogP contribution in [0.1, 0.15) is 5.56 Å². The summed E-state index contributed by atoms with van der Waals surface area (Å²) in [5.74, 6) is 0. The van der Waals surface area contributed by atoms with Crippen molar-refractivity contribution in [2.75, 3.05) is 10.8 Å². The fourth-order valence-electron chi connectivity index (χ4n) is 2.47. The Labute approximate surface area is 142 Å². The maximum Gasteiger partial charge on any atom is 0.271 e. The molecule has 9 heteroatoms. The van der Waals surface area contributed by atoms with Crippen LogP contribution in [-0.2, 0) is 16.4 Å². The van der Waals surface area contributed by atoms with Gasteiger partial charge in [-0.2, -0.15) is 0 Å². The lowest BCUT2D eigenvalue weighted by Crippen LogP contribution is -2.29. The predicted octanol–water partition coefficient (Wildman–Crippen LogP) is 3.65. The molecule has 1 heterocycles. The van der Waals surface area contributed by atoms with E-state index >= 15 is 0 Å². The van der Waals surface area contributed by atoms with Gasteiger partial charge in [0, 0.05) is 18.7 Å². The Kier molecular flexibility index (Phi) is 3.95. The third kappa shape index (κ3) is 2.75. The molecule has 0 bridgehead atoms. The van der Waals surface area contributed by atoms with Gasteiger partial charge >= 0.3 is 0 Å². The fraction of sp³-hybridized carbons (Fsp3) is 0.143. The third-order valence-corrected chi connectivity index (χ3v) is 6.16. The third-order valence-electron chi connectivity index (χ3n) is 3.61. The Morgan fingerprint density at radius 1 is 1.09 bits per heavy atom. The van der Waals surface area contributed by atoms with E-state index in [1.807, 2.05) is 0 Å². The molecular weight excluding hydrogens is 363 g/mol. The minimum Gasteiger partial charge on any atom is -0.265 e. The lowest BCUT2D eigenvalue weighted by atomic mass is 10.1. The van der Waals surface area contributed by atoms with Gasteiger partial charge in [0.1, 0.15) is 0 Å². The molecule has 0 N–H and O–H groups in total. The Morgan fingerprint density at radius 2 is 1.83 bits per heavy atom. The van der Waals surface area contributed by atoms with Crippen molar-refractivity contribution in [3.8, 4) is 0 Å². The smallest absolute Gasteiger partial charge is 0.265 e. The number of anilines is 1. The van der Waals surface area contributed by atoms with Gasteiger partial charge in [-0.25, -0.2) is 8.42 Å². The highest BCUT2D eigenvalue weighted by Gasteiger charge is 2.32. The van der Waals surface area contributed by atoms with Gasteiger partial charge in [0.05, 0.1) is 25.6 Å². The zero-order chi connectivity index (χ0) is 16.8. The summed E-state index contributed by atoms with van der Waals surface area (Å²) in [7, 11) is -3.87. The van der Waals surface area contributed by atoms with Crippen LogP contribution < -0.4 is 4.31 Å². The van der Waals surface area contributed by atoms with Crippen molar-refractivity contribution in [1.29, 1.82) is 0 Å². The van der Waals surface area contributed by atoms with Crippen LogP contribution in [0.2, 0.25) is 10.0 Å². The summed E-state index contributed by atoms with van der Waals surface area (Å²) < 4.78 is 26.8. The van der Waals surface area contributed by atoms with Crippen LogP contribution in [0.15, 0.2) is 41.3 Å². The van der Waals surface area contributed by atoms with Gasteiger partial charge in [-0.1, -0.05) is 29.3 Å². The van der Waals surface area contributed by atoms with Gasteiger partial charge in [0.15, 0.2) is 0 Å². The molecule has 0 amide bonds. The van der Waals surface area contributed by atoms with Gasteiger partial charge in [0.2, 0.25) is 0 Å². The maximum atomic E-state index is 12.8. The quantitative estimate of drug-likeness (QED) is 0.608. The number of hydrogen-bond donors (Lipinski definition) is 0. The molecule has 0 spiro atoms. The molecular formula is C14H10Cl2N2O4S. The zero-order valence-corrected chi connectivity index (χ0v) is 13.9. The summed E-state index contributed by atoms with van der Waals surface area (Å²) in [6, 6.07) is 8.26. The van der Waals surface area contributed by atoms with Gasteiger partial charge in [0.25, 0.3) is 15.7 Å². The van der Waals surface area contributed by atoms with Crippen molar-refractivity contribution in [3.63, 3.8) is 0 Å². The van der Waals surface area contributed by atoms with E-state index in [-0.39, 0.29) is 27.2 Å². The molecule has 0 unspecified atom stereocenters. The maximum absolute atomic E-state index is 12.8. The monoisotopic (exact) mass is 372 g/mol. The molecule has 0 fully saturated rings. The number of rotatable bonds is 3. The molecule has 2 aromatic carbocycles. The van der Waals surface area contributed by atoms with E-state index in [2.05, 4.69) is 0 Å². The molecule has 0 atom stereocenters. The minimum atomic E-state index is -3.87. The highest BCUT2D eigenvalue weighted by Crippen LogP contribution is 2.36. The number of halogens is 2. The van der Waals surface area contributed by atoms with E-state index in [1.165, 1.54) is 30.3 Å². The standard InChI is InChI=1S/C14H10Cl2N2O4S/c15-12-4-3-11(8-13(12)16)23(21,22)17-6-5-9-1-2-10(18(19)20)7-14(9)17/h1-4,7-8H,5-6H2. The molecule has 3 rings (SSSR count). The van der Waals surface area contributed by atoms with Crippen molar-refractivity contribution in [2.45, 2.75) is 11.3 Å². The number of fused-ring (bicyclic) bond motifs is 1. The Balaban J connectivity index is 2.08. The van der Waals surface area contributed by atoms with Crippen molar-refractivity contribution in [3.05, 3.63) is 62.1 Å². The number of benzene rings is 2. The SMILES string of the molecule is O=[N+]([O-])c1ccc2c(c1)N(S(=O)(=O)c1ccc(Cl)c(Cl)c1)CC2. The second kappa shape index (κ2) is 5.67. The normalized spacial score (nSPS) is 13.9. The van der Waals surface area contributed by atoms with E-state index in [0.717, 1.165) is 9.87 Å². The first-order valence-corrected chi connectivity index (χ1v) is 8.75. The summed E-state index contributed by atoms with van der Waals surface area (Å²) in [5, 5.41) is 11.3. The first-order valence-electron chi connectivity index (χ1n) is 6.56. The Morgan fingerprint density at radius 3 is 2.48 bits per heavy atom. The number of non-ortho nitro benzene ring substituents is 1. The lowest BCUT2D eigenvalue weighted by Gasteiger charge is -2.19. The number of nitro benzene ring substituents is 1. The summed E-state index contributed by atoms with van der Waals surface area (Å²) >= 11 is 11.7. The summed E-state index contributed by atoms with van der Waals surface area (Å²) in [6.07, 6.45) is 0.494. The van der Waals surface area contributed by atoms with Gasteiger partial charge in [-0.3, -0.25) is 14.4 Å². The Hall–Kier alpha value is -1.83. The van der Waals surface area contributed by atoms with Crippen molar-refractivity contribution < 1.29 is 13.3 Å². The van der Waals surface area contributed by atoms with E-state index in [4.69, 9.17) is 23.2 Å². The highest BCUT2D eigenvalue weighted by atomic mass is 35.5. The average molecular weight is 373 g/mol. The van der Waals surface area contributed by atoms with Crippen LogP contribution in [0.25, 0.3) is 0 Å². The summed E-state index contributed by atoms with van der Waals surface area (Å²) in [6.45, 7) is 0.221. The van der Waals surface area contributed by atoms with Crippen LogP contribution in [-0.4, -0.2) is 19.9 Å². The van der Waals surface area contributed by atoms with Crippen LogP contribution in [0.5, 0.6) is 0 Å². The topological polar surface area (TPSA) is 80.5 Å². The first kappa shape index (κ1) is 16.0. The van der Waals surface area contributed by atoms with Crippen LogP contribution in [0.4, 0.5) is 11.4 Å². The summed E-state index contributed by atoms with van der Waals surface area (Å²) in [5.41, 5.74) is 0.921. The van der Waals surface area contributed by atoms with Gasteiger partial charge < -0.3 is 0 Å². The molecule has 0 saturated heterocycles. The minimum absolute atomic E-state index is 0.00810. The molecule has 0 saturated carbocycles. The average Bonchev–Trinajstić information content (AvgIpc) is 2.93. The van der Waals surface area contributed by atoms with E-state index in [9.17, 15) is 18.5 Å². The summed E-state index contributed by atoms with van der Waals surface area (Å²) in [4.78, 5) is 10.4. The van der Waals surface area contributed by atoms with Crippen LogP contribution >= 0.6 is 23.2 Å². The van der Waals surface area contributed by atoms with Crippen molar-refractivity contribution in [1.82, 2.24) is 0 Å². The highest BCUT2D eigenvalue weighted by molar-refractivity contribution is 7.92. The molecule has 0 aromatic heterocycles. The van der Waals surface area contributed by atoms with Crippen molar-refractivity contribution >= 4 is 44.6 Å². The molecule has 120 valence electrons. The molecule has 2 aromatic rings. The molecule has 0 radical (unpaired) electrons. The van der Waals surface area contributed by atoms with E-state index < -0.39 is 14.9 Å². The van der Waals surface area contributed by atoms with Crippen LogP contribution in [0.3, 0.4) is 0 Å². The number of hydrogen-bond acceptors (Lipinski definition) is 4. The Bertz CT molecular complexity index is 915. The van der Waals surface area contributed by atoms with Gasteiger partial charge in [-0.05, 0) is 30.2 Å². The lowest BCUT2D eigenvalue weighted by molar-refractivity contribution is -0.384. The second-order valence-corrected chi connectivity index (χ2v) is 7.65. The molecule has 6 nitrogen and oxygen atoms in total. The zero-order valence-electron chi connectivity index (χ0n) is 11.6. The largest absolute Gasteiger partial charge is 0.271 e. The molecule has 0 aliphatic carbocycles. The van der Waals surface area contributed by atoms with Crippen molar-refractivity contribution in [2.24, 2.45) is 0 Å². The van der Waals surface area contributed by atoms with E-state index in [1.54, 1.807) is 6.07 Å². The molecule has 1 aliphatic heterocycles.